The van der Waals surface area contributed by atoms with Gasteiger partial charge in [0.1, 0.15) is 0 Å². The van der Waals surface area contributed by atoms with Crippen molar-refractivity contribution < 1.29 is 26.3 Å². The second-order valence-electron chi connectivity index (χ2n) is 19.5. The third-order valence-electron chi connectivity index (χ3n) is 14.4. The van der Waals surface area contributed by atoms with E-state index in [-0.39, 0.29) is 11.4 Å². The Labute approximate surface area is 424 Å². The van der Waals surface area contributed by atoms with Crippen LogP contribution in [0.2, 0.25) is 0 Å². The van der Waals surface area contributed by atoms with E-state index >= 15 is 26.3 Å². The summed E-state index contributed by atoms with van der Waals surface area (Å²) < 4.78 is 97.5. The van der Waals surface area contributed by atoms with E-state index in [4.69, 9.17) is 0 Å². The predicted octanol–water partition coefficient (Wildman–Crippen LogP) is 19.5. The minimum atomic E-state index is -4.81. The highest BCUT2D eigenvalue weighted by Gasteiger charge is 2.37. The van der Waals surface area contributed by atoms with Crippen LogP contribution in [0.1, 0.15) is 33.4 Å². The van der Waals surface area contributed by atoms with Crippen LogP contribution < -0.4 is 0 Å². The number of halogens is 6. The van der Waals surface area contributed by atoms with Crippen molar-refractivity contribution in [3.63, 3.8) is 0 Å². The van der Waals surface area contributed by atoms with Crippen LogP contribution in [0.25, 0.3) is 111 Å². The Kier molecular flexibility index (Phi) is 11.0. The summed E-state index contributed by atoms with van der Waals surface area (Å²) in [4.78, 5) is 0. The summed E-state index contributed by atoms with van der Waals surface area (Å²) in [6.45, 7) is 7.97. The van der Waals surface area contributed by atoms with Gasteiger partial charge in [-0.25, -0.2) is 0 Å². The fraction of sp³-hybridized carbons (Fsp3) is 0.0909. The van der Waals surface area contributed by atoms with Crippen molar-refractivity contribution in [2.24, 2.45) is 0 Å². The molecule has 0 aliphatic carbocycles. The van der Waals surface area contributed by atoms with E-state index < -0.39 is 23.5 Å². The first-order chi connectivity index (χ1) is 35.6. The van der Waals surface area contributed by atoms with Crippen LogP contribution in [0.4, 0.5) is 26.3 Å². The van der Waals surface area contributed by atoms with Crippen molar-refractivity contribution in [3.05, 3.63) is 240 Å². The average Bonchev–Trinajstić information content (AvgIpc) is 3.90. The Morgan fingerprint density at radius 1 is 0.257 bits per heavy atom. The standard InChI is InChI=1S/C66H46F6N2/c1-39-9-5-13-43(29-39)47-17-23-53-54-24-18-48(44-14-6-10-40(2)30-44)34-60(54)73(59(53)33-47)63-37-51(21-27-57(63)65(67,68)69)52-22-28-58(66(70,71)72)64(38-52)74-61-35-49(45-15-7-11-41(3)31-45)19-25-55(61)56-26-20-50(36-62(56)74)46-16-8-12-42(4)32-46/h5-38H,1-4H3. The number of nitrogens with zero attached hydrogens (tertiary/aromatic N) is 2. The molecule has 0 saturated heterocycles. The molecule has 0 spiro atoms. The Bertz CT molecular complexity index is 3750. The summed E-state index contributed by atoms with van der Waals surface area (Å²) in [5.41, 5.74) is 11.8. The first kappa shape index (κ1) is 46.5. The number of fused-ring (bicyclic) bond motifs is 6. The summed E-state index contributed by atoms with van der Waals surface area (Å²) in [6, 6.07) is 63.1. The number of hydrogen-bond acceptors (Lipinski definition) is 0. The summed E-state index contributed by atoms with van der Waals surface area (Å²) >= 11 is 0. The molecule has 0 aliphatic rings. The van der Waals surface area contributed by atoms with Gasteiger partial charge in [0, 0.05) is 21.5 Å². The van der Waals surface area contributed by atoms with Crippen molar-refractivity contribution in [2.45, 2.75) is 40.0 Å². The number of alkyl halides is 6. The molecular formula is C66H46F6N2. The van der Waals surface area contributed by atoms with Crippen LogP contribution in [0.5, 0.6) is 0 Å². The van der Waals surface area contributed by atoms with E-state index in [9.17, 15) is 0 Å². The molecule has 12 aromatic rings. The molecule has 0 bridgehead atoms. The number of hydrogen-bond donors (Lipinski definition) is 0. The molecular weight excluding hydrogens is 935 g/mol. The first-order valence-electron chi connectivity index (χ1n) is 24.4. The van der Waals surface area contributed by atoms with E-state index in [1.165, 1.54) is 24.3 Å². The average molecular weight is 981 g/mol. The van der Waals surface area contributed by atoms with Gasteiger partial charge in [-0.15, -0.1) is 0 Å². The molecule has 0 fully saturated rings. The third kappa shape index (κ3) is 8.20. The van der Waals surface area contributed by atoms with Gasteiger partial charge >= 0.3 is 12.4 Å². The van der Waals surface area contributed by atoms with Crippen molar-refractivity contribution in [1.29, 1.82) is 0 Å². The quantitative estimate of drug-likeness (QED) is 0.141. The molecule has 2 nitrogen and oxygen atoms in total. The maximum absolute atomic E-state index is 15.7. The van der Waals surface area contributed by atoms with Gasteiger partial charge in [0.15, 0.2) is 0 Å². The topological polar surface area (TPSA) is 9.86 Å². The van der Waals surface area contributed by atoms with Gasteiger partial charge in [-0.1, -0.05) is 180 Å². The highest BCUT2D eigenvalue weighted by Crippen LogP contribution is 2.46. The molecule has 8 heteroatoms. The zero-order valence-electron chi connectivity index (χ0n) is 40.8. The predicted molar refractivity (Wildman–Crippen MR) is 291 cm³/mol. The zero-order chi connectivity index (χ0) is 51.2. The second kappa shape index (κ2) is 17.6. The first-order valence-corrected chi connectivity index (χ1v) is 24.4. The summed E-state index contributed by atoms with van der Waals surface area (Å²) in [5, 5.41) is 3.01. The summed E-state index contributed by atoms with van der Waals surface area (Å²) in [6.07, 6.45) is -9.62. The maximum atomic E-state index is 15.7. The number of aromatic nitrogens is 2. The van der Waals surface area contributed by atoms with Crippen LogP contribution in [0, 0.1) is 27.7 Å². The highest BCUT2D eigenvalue weighted by atomic mass is 19.4. The number of rotatable bonds is 7. The van der Waals surface area contributed by atoms with Crippen molar-refractivity contribution in [1.82, 2.24) is 9.13 Å². The van der Waals surface area contributed by atoms with Gasteiger partial charge in [0.25, 0.3) is 0 Å². The molecule has 0 saturated carbocycles. The van der Waals surface area contributed by atoms with E-state index in [1.807, 2.05) is 198 Å². The zero-order valence-corrected chi connectivity index (χ0v) is 40.8. The molecule has 10 aromatic carbocycles. The van der Waals surface area contributed by atoms with Gasteiger partial charge in [-0.3, -0.25) is 0 Å². The van der Waals surface area contributed by atoms with Crippen molar-refractivity contribution >= 4 is 43.6 Å². The van der Waals surface area contributed by atoms with E-state index in [2.05, 4.69) is 0 Å². The molecule has 2 aromatic heterocycles. The molecule has 362 valence electrons. The lowest BCUT2D eigenvalue weighted by atomic mass is 9.98. The van der Waals surface area contributed by atoms with Crippen LogP contribution in [0.15, 0.2) is 206 Å². The Balaban J connectivity index is 1.13. The minimum absolute atomic E-state index is 0.151. The van der Waals surface area contributed by atoms with Crippen LogP contribution in [0.3, 0.4) is 0 Å². The molecule has 0 unspecified atom stereocenters. The van der Waals surface area contributed by atoms with Gasteiger partial charge in [-0.05, 0) is 132 Å². The smallest absolute Gasteiger partial charge is 0.309 e. The lowest BCUT2D eigenvalue weighted by Crippen LogP contribution is -2.12. The molecule has 2 heterocycles. The van der Waals surface area contributed by atoms with Crippen LogP contribution in [-0.4, -0.2) is 9.13 Å². The molecule has 0 radical (unpaired) electrons. The largest absolute Gasteiger partial charge is 0.418 e. The lowest BCUT2D eigenvalue weighted by Gasteiger charge is -2.20. The Morgan fingerprint density at radius 2 is 0.486 bits per heavy atom. The van der Waals surface area contributed by atoms with Gasteiger partial charge in [-0.2, -0.15) is 26.3 Å². The van der Waals surface area contributed by atoms with Crippen molar-refractivity contribution in [3.8, 4) is 67.0 Å². The number of aryl methyl sites for hydroxylation is 4. The summed E-state index contributed by atoms with van der Waals surface area (Å²) in [7, 11) is 0. The van der Waals surface area contributed by atoms with Crippen molar-refractivity contribution in [2.75, 3.05) is 0 Å². The molecule has 12 rings (SSSR count). The van der Waals surface area contributed by atoms with Gasteiger partial charge in [0.05, 0.1) is 44.6 Å². The monoisotopic (exact) mass is 980 g/mol. The SMILES string of the molecule is Cc1cccc(-c2ccc3c4ccc(-c5cccc(C)c5)cc4n(-c4cc(-c5ccc(C(F)(F)F)c(-n6c7cc(-c8cccc(C)c8)ccc7c7ccc(-c8cccc(C)c8)cc76)c5)ccc4C(F)(F)F)c3c2)c1. The fourth-order valence-corrected chi connectivity index (χ4v) is 10.8. The Hall–Kier alpha value is -8.62. The highest BCUT2D eigenvalue weighted by molar-refractivity contribution is 6.13. The minimum Gasteiger partial charge on any atom is -0.309 e. The van der Waals surface area contributed by atoms with Gasteiger partial charge in [0.2, 0.25) is 0 Å². The third-order valence-corrected chi connectivity index (χ3v) is 14.4. The molecule has 0 N–H and O–H groups in total. The van der Waals surface area contributed by atoms with E-state index in [1.54, 1.807) is 9.13 Å². The second-order valence-corrected chi connectivity index (χ2v) is 19.5. The summed E-state index contributed by atoms with van der Waals surface area (Å²) in [5.74, 6) is 0. The number of benzene rings is 10. The lowest BCUT2D eigenvalue weighted by molar-refractivity contribution is -0.138. The van der Waals surface area contributed by atoms with Crippen LogP contribution >= 0.6 is 0 Å². The molecule has 0 amide bonds. The van der Waals surface area contributed by atoms with Crippen LogP contribution in [-0.2, 0) is 12.4 Å². The molecule has 0 aliphatic heterocycles. The normalized spacial score (nSPS) is 12.2. The maximum Gasteiger partial charge on any atom is 0.418 e. The van der Waals surface area contributed by atoms with E-state index in [0.29, 0.717) is 33.2 Å². The fourth-order valence-electron chi connectivity index (χ4n) is 10.8. The van der Waals surface area contributed by atoms with Gasteiger partial charge < -0.3 is 9.13 Å². The molecule has 74 heavy (non-hydrogen) atoms. The van der Waals surface area contributed by atoms with E-state index in [0.717, 1.165) is 100 Å². The Morgan fingerprint density at radius 3 is 0.730 bits per heavy atom. The molecule has 0 atom stereocenters.